The van der Waals surface area contributed by atoms with Gasteiger partial charge in [0.25, 0.3) is 15.9 Å². The van der Waals surface area contributed by atoms with Crippen LogP contribution in [0.3, 0.4) is 0 Å². The number of sulfonamides is 1. The van der Waals surface area contributed by atoms with Crippen LogP contribution in [0.25, 0.3) is 5.82 Å². The first kappa shape index (κ1) is 30.5. The summed E-state index contributed by atoms with van der Waals surface area (Å²) in [5.74, 6) is 0.680. The Morgan fingerprint density at radius 3 is 2.49 bits per heavy atom. The first-order valence-electron chi connectivity index (χ1n) is 13.7. The number of carbonyl (C=O) groups is 1. The maximum atomic E-state index is 14.6. The Kier molecular flexibility index (Phi) is 7.99. The average molecular weight is 586 g/mol. The monoisotopic (exact) mass is 585 g/mol. The van der Waals surface area contributed by atoms with E-state index in [1.54, 1.807) is 57.3 Å². The van der Waals surface area contributed by atoms with Gasteiger partial charge in [0.1, 0.15) is 11.5 Å². The number of aromatic nitrogens is 3. The Morgan fingerprint density at radius 2 is 1.88 bits per heavy atom. The molecule has 1 aliphatic rings. The van der Waals surface area contributed by atoms with Crippen molar-refractivity contribution >= 4 is 21.7 Å². The van der Waals surface area contributed by atoms with Crippen LogP contribution in [0.2, 0.25) is 0 Å². The molecular formula is C30H40FN5O4S. The summed E-state index contributed by atoms with van der Waals surface area (Å²) in [6, 6.07) is 11.2. The number of benzene rings is 1. The van der Waals surface area contributed by atoms with Gasteiger partial charge >= 0.3 is 0 Å². The summed E-state index contributed by atoms with van der Waals surface area (Å²) in [7, 11) is -4.10. The number of nitrogens with zero attached hydrogens (tertiary/aromatic N) is 4. The first-order chi connectivity index (χ1) is 18.9. The third-order valence-electron chi connectivity index (χ3n) is 7.95. The molecule has 9 nitrogen and oxygen atoms in total. The Hall–Kier alpha value is -3.47. The van der Waals surface area contributed by atoms with E-state index in [1.165, 1.54) is 30.7 Å². The van der Waals surface area contributed by atoms with Crippen LogP contribution < -0.4 is 14.4 Å². The number of aryl methyl sites for hydroxylation is 1. The number of nitrogens with one attached hydrogen (secondary N) is 1. The van der Waals surface area contributed by atoms with Crippen LogP contribution in [0, 0.1) is 18.3 Å². The lowest BCUT2D eigenvalue weighted by molar-refractivity contribution is 0.0113. The second kappa shape index (κ2) is 10.7. The molecular weight excluding hydrogens is 545 g/mol. The number of ether oxygens (including phenoxy) is 1. The molecule has 1 saturated heterocycles. The molecule has 4 rings (SSSR count). The summed E-state index contributed by atoms with van der Waals surface area (Å²) < 4.78 is 50.2. The van der Waals surface area contributed by atoms with E-state index in [1.807, 2.05) is 4.90 Å². The van der Waals surface area contributed by atoms with E-state index < -0.39 is 27.0 Å². The van der Waals surface area contributed by atoms with Crippen LogP contribution >= 0.6 is 0 Å². The molecule has 1 atom stereocenters. The van der Waals surface area contributed by atoms with Crippen molar-refractivity contribution < 1.29 is 22.3 Å². The zero-order valence-electron chi connectivity index (χ0n) is 25.0. The zero-order valence-corrected chi connectivity index (χ0v) is 25.8. The molecule has 222 valence electrons. The lowest BCUT2D eigenvalue weighted by Crippen LogP contribution is -2.41. The molecule has 41 heavy (non-hydrogen) atoms. The van der Waals surface area contributed by atoms with Crippen molar-refractivity contribution in [1.29, 1.82) is 0 Å². The van der Waals surface area contributed by atoms with Gasteiger partial charge in [-0.1, -0.05) is 32.9 Å². The normalized spacial score (nSPS) is 17.5. The second-order valence-electron chi connectivity index (χ2n) is 12.8. The van der Waals surface area contributed by atoms with Crippen molar-refractivity contribution in [3.05, 3.63) is 59.8 Å². The minimum Gasteiger partial charge on any atom is -0.476 e. The quantitative estimate of drug-likeness (QED) is 0.355. The number of carbonyl (C=O) groups excluding carboxylic acids is 1. The highest BCUT2D eigenvalue weighted by Gasteiger charge is 2.40. The van der Waals surface area contributed by atoms with Gasteiger partial charge < -0.3 is 9.64 Å². The standard InChI is InChI=1S/C30H40FN5O4S/c1-20-10-9-11-22(16-20)41(38,39)34-27(37)23-12-13-24(32-26(23)35-18-21(2)17-29(35,5)6)36-15-14-25(33-36)40-19-28(3,4)30(7,8)31/h9-16,21H,17-19H2,1-8H3,(H,34,37)/t21-/m0/s1. The molecule has 1 aliphatic heterocycles. The summed E-state index contributed by atoms with van der Waals surface area (Å²) in [5, 5.41) is 4.46. The fourth-order valence-electron chi connectivity index (χ4n) is 4.86. The van der Waals surface area contributed by atoms with Crippen molar-refractivity contribution in [2.24, 2.45) is 11.3 Å². The number of halogens is 1. The Bertz CT molecular complexity index is 1540. The van der Waals surface area contributed by atoms with Gasteiger partial charge in [0.2, 0.25) is 5.88 Å². The second-order valence-corrected chi connectivity index (χ2v) is 14.5. The van der Waals surface area contributed by atoms with Crippen LogP contribution in [0.1, 0.15) is 70.8 Å². The lowest BCUT2D eigenvalue weighted by Gasteiger charge is -2.34. The van der Waals surface area contributed by atoms with Gasteiger partial charge in [-0.25, -0.2) is 27.2 Å². The summed E-state index contributed by atoms with van der Waals surface area (Å²) in [6.07, 6.45) is 2.55. The van der Waals surface area contributed by atoms with E-state index in [0.717, 1.165) is 12.0 Å². The SMILES string of the molecule is Cc1cccc(S(=O)(=O)NC(=O)c2ccc(-n3ccc(OCC(C)(C)C(C)(C)F)n3)nc2N2C[C@@H](C)CC2(C)C)c1. The number of amides is 1. The van der Waals surface area contributed by atoms with Crippen LogP contribution in [0.4, 0.5) is 10.2 Å². The Balaban J connectivity index is 1.67. The van der Waals surface area contributed by atoms with E-state index in [4.69, 9.17) is 9.72 Å². The lowest BCUT2D eigenvalue weighted by atomic mass is 9.79. The predicted molar refractivity (Wildman–Crippen MR) is 157 cm³/mol. The van der Waals surface area contributed by atoms with Gasteiger partial charge in [-0.2, -0.15) is 0 Å². The first-order valence-corrected chi connectivity index (χ1v) is 15.2. The number of alkyl halides is 1. The maximum absolute atomic E-state index is 14.6. The van der Waals surface area contributed by atoms with Gasteiger partial charge in [-0.15, -0.1) is 5.10 Å². The van der Waals surface area contributed by atoms with E-state index in [9.17, 15) is 17.6 Å². The van der Waals surface area contributed by atoms with Crippen molar-refractivity contribution in [3.63, 3.8) is 0 Å². The molecule has 11 heteroatoms. The van der Waals surface area contributed by atoms with Crippen LogP contribution in [0.15, 0.2) is 53.6 Å². The van der Waals surface area contributed by atoms with Crippen molar-refractivity contribution in [3.8, 4) is 11.7 Å². The molecule has 0 bridgehead atoms. The third kappa shape index (κ3) is 6.55. The molecule has 0 unspecified atom stereocenters. The van der Waals surface area contributed by atoms with Gasteiger partial charge in [-0.3, -0.25) is 4.79 Å². The van der Waals surface area contributed by atoms with E-state index >= 15 is 0 Å². The van der Waals surface area contributed by atoms with Gasteiger partial charge in [0.05, 0.1) is 17.1 Å². The molecule has 1 amide bonds. The molecule has 0 saturated carbocycles. The number of pyridine rings is 1. The summed E-state index contributed by atoms with van der Waals surface area (Å²) in [6.45, 7) is 15.5. The minimum absolute atomic E-state index is 0.00972. The smallest absolute Gasteiger partial charge is 0.268 e. The van der Waals surface area contributed by atoms with Crippen molar-refractivity contribution in [1.82, 2.24) is 19.5 Å². The molecule has 2 aromatic heterocycles. The fraction of sp³-hybridized carbons (Fsp3) is 0.500. The molecule has 0 radical (unpaired) electrons. The molecule has 1 N–H and O–H groups in total. The fourth-order valence-corrected chi connectivity index (χ4v) is 5.94. The van der Waals surface area contributed by atoms with Gasteiger partial charge in [0, 0.05) is 29.8 Å². The average Bonchev–Trinajstić information content (AvgIpc) is 3.44. The van der Waals surface area contributed by atoms with E-state index in [-0.39, 0.29) is 22.6 Å². The van der Waals surface area contributed by atoms with Crippen molar-refractivity contribution in [2.75, 3.05) is 18.1 Å². The number of anilines is 1. The molecule has 1 aromatic carbocycles. The molecule has 3 heterocycles. The number of hydrogen-bond acceptors (Lipinski definition) is 7. The number of hydrogen-bond donors (Lipinski definition) is 1. The van der Waals surface area contributed by atoms with E-state index in [2.05, 4.69) is 30.6 Å². The number of rotatable bonds is 9. The highest BCUT2D eigenvalue weighted by molar-refractivity contribution is 7.90. The summed E-state index contributed by atoms with van der Waals surface area (Å²) in [4.78, 5) is 20.3. The van der Waals surface area contributed by atoms with Crippen LogP contribution in [-0.2, 0) is 10.0 Å². The van der Waals surface area contributed by atoms with Crippen LogP contribution in [-0.4, -0.2) is 53.4 Å². The largest absolute Gasteiger partial charge is 0.476 e. The van der Waals surface area contributed by atoms with Crippen molar-refractivity contribution in [2.45, 2.75) is 77.9 Å². The molecule has 0 aliphatic carbocycles. The highest BCUT2D eigenvalue weighted by atomic mass is 32.2. The Morgan fingerprint density at radius 1 is 1.17 bits per heavy atom. The molecule has 3 aromatic rings. The zero-order chi connectivity index (χ0) is 30.4. The predicted octanol–water partition coefficient (Wildman–Crippen LogP) is 5.47. The highest BCUT2D eigenvalue weighted by Crippen LogP contribution is 2.38. The topological polar surface area (TPSA) is 106 Å². The van der Waals surface area contributed by atoms with Crippen LogP contribution in [0.5, 0.6) is 5.88 Å². The minimum atomic E-state index is -4.10. The summed E-state index contributed by atoms with van der Waals surface area (Å²) >= 11 is 0. The third-order valence-corrected chi connectivity index (χ3v) is 9.28. The summed E-state index contributed by atoms with van der Waals surface area (Å²) in [5.41, 5.74) is -1.61. The maximum Gasteiger partial charge on any atom is 0.268 e. The molecule has 0 spiro atoms. The van der Waals surface area contributed by atoms with E-state index in [0.29, 0.717) is 30.0 Å². The Labute approximate surface area is 242 Å². The van der Waals surface area contributed by atoms with Gasteiger partial charge in [-0.05, 0) is 76.8 Å². The van der Waals surface area contributed by atoms with Gasteiger partial charge in [0.15, 0.2) is 5.82 Å². The molecule has 1 fully saturated rings.